The molecule has 0 aromatic heterocycles. The minimum absolute atomic E-state index is 0.578. The van der Waals surface area contributed by atoms with Gasteiger partial charge in [-0.05, 0) is 55.4 Å². The van der Waals surface area contributed by atoms with Crippen LogP contribution in [0, 0.1) is 35.0 Å². The van der Waals surface area contributed by atoms with Crippen LogP contribution in [0.25, 0.3) is 0 Å². The fourth-order valence-electron chi connectivity index (χ4n) is 4.40. The van der Waals surface area contributed by atoms with Crippen molar-refractivity contribution >= 4 is 0 Å². The van der Waals surface area contributed by atoms with Crippen LogP contribution in [0.1, 0.15) is 77.6 Å². The molecule has 0 heterocycles. The van der Waals surface area contributed by atoms with E-state index in [2.05, 4.69) is 13.0 Å². The fourth-order valence-corrected chi connectivity index (χ4v) is 4.40. The van der Waals surface area contributed by atoms with Gasteiger partial charge in [-0.25, -0.2) is 0 Å². The van der Waals surface area contributed by atoms with Crippen LogP contribution >= 0.6 is 0 Å². The molecular formula is C21H32FN. The standard InChI is InChI=1S/C21H32FN/c1-2-17-6-8-19(9-7-17)14-15-20-12-10-18(11-13-20)4-3-5-21(22)16-23/h3-5,17-20H,2,6-15H2,1H3/b4-3+,21-5-. The van der Waals surface area contributed by atoms with E-state index in [9.17, 15) is 4.39 Å². The van der Waals surface area contributed by atoms with E-state index in [4.69, 9.17) is 5.26 Å². The van der Waals surface area contributed by atoms with E-state index in [-0.39, 0.29) is 0 Å². The van der Waals surface area contributed by atoms with Crippen molar-refractivity contribution in [2.45, 2.75) is 77.6 Å². The molecule has 0 bridgehead atoms. The molecule has 0 amide bonds. The van der Waals surface area contributed by atoms with Crippen LogP contribution in [0.15, 0.2) is 24.1 Å². The van der Waals surface area contributed by atoms with E-state index in [1.807, 2.05) is 0 Å². The van der Waals surface area contributed by atoms with Gasteiger partial charge in [-0.1, -0.05) is 64.0 Å². The molecule has 2 saturated carbocycles. The molecule has 1 nitrogen and oxygen atoms in total. The van der Waals surface area contributed by atoms with Crippen molar-refractivity contribution in [3.8, 4) is 6.07 Å². The Morgan fingerprint density at radius 2 is 1.48 bits per heavy atom. The third-order valence-electron chi connectivity index (χ3n) is 6.15. The van der Waals surface area contributed by atoms with Gasteiger partial charge in [-0.2, -0.15) is 9.65 Å². The fraction of sp³-hybridized carbons (Fsp3) is 0.762. The quantitative estimate of drug-likeness (QED) is 0.394. The summed E-state index contributed by atoms with van der Waals surface area (Å²) >= 11 is 0. The second kappa shape index (κ2) is 9.91. The Morgan fingerprint density at radius 1 is 0.957 bits per heavy atom. The number of nitrogens with zero attached hydrogens (tertiary/aromatic N) is 1. The summed E-state index contributed by atoms with van der Waals surface area (Å²) in [5, 5.41) is 8.37. The highest BCUT2D eigenvalue weighted by Crippen LogP contribution is 2.37. The predicted molar refractivity (Wildman–Crippen MR) is 94.4 cm³/mol. The molecule has 0 saturated heterocycles. The molecule has 0 aromatic rings. The summed E-state index contributed by atoms with van der Waals surface area (Å²) in [6.45, 7) is 2.34. The smallest absolute Gasteiger partial charge is 0.195 e. The first-order valence-corrected chi connectivity index (χ1v) is 9.65. The first kappa shape index (κ1) is 18.2. The minimum atomic E-state index is -0.701. The van der Waals surface area contributed by atoms with Crippen molar-refractivity contribution in [2.24, 2.45) is 23.7 Å². The van der Waals surface area contributed by atoms with Crippen molar-refractivity contribution in [1.82, 2.24) is 0 Å². The van der Waals surface area contributed by atoms with E-state index in [0.29, 0.717) is 5.92 Å². The second-order valence-corrected chi connectivity index (χ2v) is 7.66. The van der Waals surface area contributed by atoms with Crippen LogP contribution in [0.3, 0.4) is 0 Å². The molecule has 2 aliphatic carbocycles. The summed E-state index contributed by atoms with van der Waals surface area (Å²) in [6, 6.07) is 1.51. The Morgan fingerprint density at radius 3 is 2.00 bits per heavy atom. The lowest BCUT2D eigenvalue weighted by Gasteiger charge is -2.31. The molecule has 0 atom stereocenters. The number of allylic oxidation sites excluding steroid dienone is 4. The van der Waals surface area contributed by atoms with Gasteiger partial charge in [0.1, 0.15) is 6.07 Å². The number of rotatable bonds is 6. The van der Waals surface area contributed by atoms with E-state index in [0.717, 1.165) is 17.8 Å². The van der Waals surface area contributed by atoms with Crippen molar-refractivity contribution in [1.29, 1.82) is 5.26 Å². The second-order valence-electron chi connectivity index (χ2n) is 7.66. The highest BCUT2D eigenvalue weighted by molar-refractivity contribution is 5.19. The molecular weight excluding hydrogens is 285 g/mol. The lowest BCUT2D eigenvalue weighted by Crippen LogP contribution is -2.17. The Bertz CT molecular complexity index is 429. The molecule has 23 heavy (non-hydrogen) atoms. The molecule has 2 fully saturated rings. The van der Waals surface area contributed by atoms with E-state index < -0.39 is 5.83 Å². The first-order chi connectivity index (χ1) is 11.2. The van der Waals surface area contributed by atoms with Crippen molar-refractivity contribution in [3.05, 3.63) is 24.1 Å². The molecule has 2 rings (SSSR count). The van der Waals surface area contributed by atoms with E-state index in [1.54, 1.807) is 6.08 Å². The first-order valence-electron chi connectivity index (χ1n) is 9.65. The number of halogens is 1. The summed E-state index contributed by atoms with van der Waals surface area (Å²) in [4.78, 5) is 0. The van der Waals surface area contributed by atoms with Crippen LogP contribution in [0.4, 0.5) is 4.39 Å². The molecule has 0 radical (unpaired) electrons. The van der Waals surface area contributed by atoms with E-state index in [1.165, 1.54) is 82.8 Å². The minimum Gasteiger partial charge on any atom is -0.195 e. The van der Waals surface area contributed by atoms with E-state index >= 15 is 0 Å². The monoisotopic (exact) mass is 317 g/mol. The Kier molecular flexibility index (Phi) is 7.86. The van der Waals surface area contributed by atoms with Crippen LogP contribution in [0.5, 0.6) is 0 Å². The van der Waals surface area contributed by atoms with Crippen LogP contribution in [0.2, 0.25) is 0 Å². The molecule has 0 unspecified atom stereocenters. The van der Waals surface area contributed by atoms with Gasteiger partial charge < -0.3 is 0 Å². The van der Waals surface area contributed by atoms with Gasteiger partial charge in [0.05, 0.1) is 0 Å². The number of hydrogen-bond acceptors (Lipinski definition) is 1. The van der Waals surface area contributed by atoms with Crippen LogP contribution < -0.4 is 0 Å². The highest BCUT2D eigenvalue weighted by Gasteiger charge is 2.23. The van der Waals surface area contributed by atoms with Gasteiger partial charge in [-0.3, -0.25) is 0 Å². The van der Waals surface area contributed by atoms with Crippen molar-refractivity contribution in [2.75, 3.05) is 0 Å². The molecule has 0 aliphatic heterocycles. The molecule has 2 aliphatic rings. The van der Waals surface area contributed by atoms with Crippen molar-refractivity contribution in [3.63, 3.8) is 0 Å². The largest absolute Gasteiger partial charge is 0.199 e. The Labute approximate surface area is 141 Å². The maximum atomic E-state index is 12.7. The zero-order chi connectivity index (χ0) is 16.5. The molecule has 2 heteroatoms. The summed E-state index contributed by atoms with van der Waals surface area (Å²) < 4.78 is 12.7. The Hall–Kier alpha value is -1.10. The van der Waals surface area contributed by atoms with Gasteiger partial charge in [0, 0.05) is 0 Å². The maximum Gasteiger partial charge on any atom is 0.199 e. The maximum absolute atomic E-state index is 12.7. The van der Waals surface area contributed by atoms with Gasteiger partial charge in [-0.15, -0.1) is 0 Å². The lowest BCUT2D eigenvalue weighted by atomic mass is 9.75. The molecule has 0 spiro atoms. The molecule has 128 valence electrons. The zero-order valence-electron chi connectivity index (χ0n) is 14.6. The SMILES string of the molecule is CCC1CCC(CCC2CCC(/C=C/C=C(\F)C#N)CC2)CC1. The molecule has 0 N–H and O–H groups in total. The third-order valence-corrected chi connectivity index (χ3v) is 6.15. The normalized spacial score (nSPS) is 32.8. The highest BCUT2D eigenvalue weighted by atomic mass is 19.1. The Balaban J connectivity index is 1.61. The lowest BCUT2D eigenvalue weighted by molar-refractivity contribution is 0.224. The number of hydrogen-bond donors (Lipinski definition) is 0. The average molecular weight is 317 g/mol. The summed E-state index contributed by atoms with van der Waals surface area (Å²) in [5.41, 5.74) is 0. The van der Waals surface area contributed by atoms with Gasteiger partial charge >= 0.3 is 0 Å². The van der Waals surface area contributed by atoms with Crippen LogP contribution in [-0.4, -0.2) is 0 Å². The van der Waals surface area contributed by atoms with Gasteiger partial charge in [0.15, 0.2) is 5.83 Å². The third kappa shape index (κ3) is 6.50. The predicted octanol–water partition coefficient (Wildman–Crippen LogP) is 6.72. The summed E-state index contributed by atoms with van der Waals surface area (Å²) in [7, 11) is 0. The summed E-state index contributed by atoms with van der Waals surface area (Å²) in [6.07, 6.45) is 20.3. The van der Waals surface area contributed by atoms with Gasteiger partial charge in [0.25, 0.3) is 0 Å². The summed E-state index contributed by atoms with van der Waals surface area (Å²) in [5.74, 6) is 2.79. The van der Waals surface area contributed by atoms with Crippen molar-refractivity contribution < 1.29 is 4.39 Å². The zero-order valence-corrected chi connectivity index (χ0v) is 14.6. The van der Waals surface area contributed by atoms with Gasteiger partial charge in [0.2, 0.25) is 0 Å². The molecule has 0 aromatic carbocycles. The topological polar surface area (TPSA) is 23.8 Å². The number of nitriles is 1. The van der Waals surface area contributed by atoms with Crippen LogP contribution in [-0.2, 0) is 0 Å². The average Bonchev–Trinajstić information content (AvgIpc) is 2.61.